The molecule has 2 N–H and O–H groups in total. The summed E-state index contributed by atoms with van der Waals surface area (Å²) < 4.78 is 1.74. The molecule has 0 aliphatic rings. The SMILES string of the molecule is CCCNc1nc(SC)nc2c1cnn2CCNC(=O)C=Cc1ccc([N+](=O)[O-])cc1. The zero-order valence-corrected chi connectivity index (χ0v) is 18.1. The monoisotopic (exact) mass is 441 g/mol. The summed E-state index contributed by atoms with van der Waals surface area (Å²) in [4.78, 5) is 31.4. The maximum absolute atomic E-state index is 12.1. The Hall–Kier alpha value is -3.47. The number of non-ortho nitro benzene ring substituents is 1. The fraction of sp³-hybridized carbons (Fsp3) is 0.300. The molecule has 0 fully saturated rings. The van der Waals surface area contributed by atoms with E-state index >= 15 is 0 Å². The molecule has 3 rings (SSSR count). The molecule has 2 aromatic heterocycles. The number of rotatable bonds is 10. The van der Waals surface area contributed by atoms with E-state index < -0.39 is 4.92 Å². The van der Waals surface area contributed by atoms with Gasteiger partial charge in [-0.15, -0.1) is 0 Å². The van der Waals surface area contributed by atoms with Crippen molar-refractivity contribution in [2.75, 3.05) is 24.7 Å². The van der Waals surface area contributed by atoms with Gasteiger partial charge < -0.3 is 10.6 Å². The van der Waals surface area contributed by atoms with Gasteiger partial charge in [-0.3, -0.25) is 14.9 Å². The van der Waals surface area contributed by atoms with Crippen molar-refractivity contribution in [1.82, 2.24) is 25.1 Å². The van der Waals surface area contributed by atoms with Crippen LogP contribution in [-0.4, -0.2) is 49.9 Å². The number of carbonyl (C=O) groups excluding carboxylic acids is 1. The van der Waals surface area contributed by atoms with Crippen molar-refractivity contribution in [3.63, 3.8) is 0 Å². The van der Waals surface area contributed by atoms with E-state index in [1.165, 1.54) is 30.0 Å². The summed E-state index contributed by atoms with van der Waals surface area (Å²) in [6.45, 7) is 3.72. The number of fused-ring (bicyclic) bond motifs is 1. The fourth-order valence-electron chi connectivity index (χ4n) is 2.79. The van der Waals surface area contributed by atoms with Crippen LogP contribution in [0.4, 0.5) is 11.5 Å². The Morgan fingerprint density at radius 1 is 1.26 bits per heavy atom. The highest BCUT2D eigenvalue weighted by atomic mass is 32.2. The molecule has 0 saturated carbocycles. The van der Waals surface area contributed by atoms with Gasteiger partial charge in [0.1, 0.15) is 5.82 Å². The predicted molar refractivity (Wildman–Crippen MR) is 121 cm³/mol. The van der Waals surface area contributed by atoms with Gasteiger partial charge in [0, 0.05) is 31.3 Å². The van der Waals surface area contributed by atoms with Crippen LogP contribution in [0, 0.1) is 10.1 Å². The maximum Gasteiger partial charge on any atom is 0.269 e. The van der Waals surface area contributed by atoms with E-state index in [1.54, 1.807) is 29.1 Å². The number of benzene rings is 1. The predicted octanol–water partition coefficient (Wildman–Crippen LogP) is 3.11. The van der Waals surface area contributed by atoms with Crippen LogP contribution in [-0.2, 0) is 11.3 Å². The molecule has 0 aliphatic heterocycles. The third-order valence-corrected chi connectivity index (χ3v) is 4.90. The highest BCUT2D eigenvalue weighted by Crippen LogP contribution is 2.23. The number of aromatic nitrogens is 4. The molecule has 0 atom stereocenters. The molecule has 0 aliphatic carbocycles. The molecule has 1 amide bonds. The molecule has 0 bridgehead atoms. The third kappa shape index (κ3) is 5.79. The number of nitrogens with zero attached hydrogens (tertiary/aromatic N) is 5. The highest BCUT2D eigenvalue weighted by molar-refractivity contribution is 7.98. The molecular weight excluding hydrogens is 418 g/mol. The summed E-state index contributed by atoms with van der Waals surface area (Å²) in [7, 11) is 0. The molecule has 0 unspecified atom stereocenters. The number of hydrogen-bond donors (Lipinski definition) is 2. The smallest absolute Gasteiger partial charge is 0.269 e. The van der Waals surface area contributed by atoms with E-state index in [0.29, 0.717) is 29.5 Å². The molecule has 1 aromatic carbocycles. The van der Waals surface area contributed by atoms with Gasteiger partial charge in [0.15, 0.2) is 10.8 Å². The van der Waals surface area contributed by atoms with Crippen LogP contribution in [0.15, 0.2) is 41.7 Å². The zero-order chi connectivity index (χ0) is 22.2. The summed E-state index contributed by atoms with van der Waals surface area (Å²) in [5, 5.41) is 22.7. The van der Waals surface area contributed by atoms with Crippen LogP contribution in [0.1, 0.15) is 18.9 Å². The molecular formula is C20H23N7O3S. The van der Waals surface area contributed by atoms with E-state index in [9.17, 15) is 14.9 Å². The first-order valence-electron chi connectivity index (χ1n) is 9.73. The minimum absolute atomic E-state index is 0.00884. The third-order valence-electron chi connectivity index (χ3n) is 4.35. The first-order valence-corrected chi connectivity index (χ1v) is 11.0. The number of thioether (sulfide) groups is 1. The molecule has 3 aromatic rings. The van der Waals surface area contributed by atoms with E-state index in [-0.39, 0.29) is 11.6 Å². The number of carbonyl (C=O) groups is 1. The number of anilines is 1. The lowest BCUT2D eigenvalue weighted by Crippen LogP contribution is -2.25. The Bertz CT molecular complexity index is 1100. The van der Waals surface area contributed by atoms with Gasteiger partial charge in [-0.05, 0) is 36.4 Å². The van der Waals surface area contributed by atoms with Crippen LogP contribution in [0.3, 0.4) is 0 Å². The molecule has 0 saturated heterocycles. The van der Waals surface area contributed by atoms with E-state index in [1.807, 2.05) is 6.26 Å². The van der Waals surface area contributed by atoms with E-state index in [2.05, 4.69) is 32.6 Å². The number of nitro groups is 1. The fourth-order valence-corrected chi connectivity index (χ4v) is 3.15. The van der Waals surface area contributed by atoms with Crippen molar-refractivity contribution in [1.29, 1.82) is 0 Å². The lowest BCUT2D eigenvalue weighted by molar-refractivity contribution is -0.384. The van der Waals surface area contributed by atoms with Gasteiger partial charge >= 0.3 is 0 Å². The molecule has 162 valence electrons. The zero-order valence-electron chi connectivity index (χ0n) is 17.2. The average Bonchev–Trinajstić information content (AvgIpc) is 3.19. The minimum atomic E-state index is -0.463. The van der Waals surface area contributed by atoms with Gasteiger partial charge in [0.25, 0.3) is 5.69 Å². The summed E-state index contributed by atoms with van der Waals surface area (Å²) >= 11 is 1.46. The second kappa shape index (κ2) is 10.5. The van der Waals surface area contributed by atoms with Crippen molar-refractivity contribution in [2.24, 2.45) is 0 Å². The van der Waals surface area contributed by atoms with Crippen molar-refractivity contribution < 1.29 is 9.72 Å². The Morgan fingerprint density at radius 2 is 2.03 bits per heavy atom. The minimum Gasteiger partial charge on any atom is -0.369 e. The van der Waals surface area contributed by atoms with Gasteiger partial charge in [0.2, 0.25) is 5.91 Å². The Morgan fingerprint density at radius 3 is 2.71 bits per heavy atom. The van der Waals surface area contributed by atoms with Crippen LogP contribution < -0.4 is 10.6 Å². The quantitative estimate of drug-likeness (QED) is 0.161. The first-order chi connectivity index (χ1) is 15.0. The van der Waals surface area contributed by atoms with Gasteiger partial charge in [0.05, 0.1) is 23.1 Å². The van der Waals surface area contributed by atoms with Crippen LogP contribution in [0.25, 0.3) is 17.1 Å². The summed E-state index contributed by atoms with van der Waals surface area (Å²) in [6.07, 6.45) is 7.62. The molecule has 0 radical (unpaired) electrons. The first kappa shape index (κ1) is 22.2. The van der Waals surface area contributed by atoms with Crippen molar-refractivity contribution in [3.05, 3.63) is 52.2 Å². The van der Waals surface area contributed by atoms with Crippen molar-refractivity contribution in [2.45, 2.75) is 25.0 Å². The summed E-state index contributed by atoms with van der Waals surface area (Å²) in [5.74, 6) is 0.497. The normalized spacial score (nSPS) is 11.2. The second-order valence-corrected chi connectivity index (χ2v) is 7.34. The van der Waals surface area contributed by atoms with Crippen molar-refractivity contribution >= 4 is 46.3 Å². The van der Waals surface area contributed by atoms with Gasteiger partial charge in [-0.25, -0.2) is 14.6 Å². The lowest BCUT2D eigenvalue weighted by atomic mass is 10.2. The van der Waals surface area contributed by atoms with E-state index in [4.69, 9.17) is 0 Å². The Kier molecular flexibility index (Phi) is 7.55. The summed E-state index contributed by atoms with van der Waals surface area (Å²) in [5.41, 5.74) is 1.43. The molecule has 2 heterocycles. The molecule has 10 nitrogen and oxygen atoms in total. The highest BCUT2D eigenvalue weighted by Gasteiger charge is 2.12. The van der Waals surface area contributed by atoms with Crippen LogP contribution in [0.5, 0.6) is 0 Å². The summed E-state index contributed by atoms with van der Waals surface area (Å²) in [6, 6.07) is 5.97. The molecule has 11 heteroatoms. The van der Waals surface area contributed by atoms with Crippen LogP contribution >= 0.6 is 11.8 Å². The number of nitrogens with one attached hydrogen (secondary N) is 2. The topological polar surface area (TPSA) is 128 Å². The second-order valence-electron chi connectivity index (χ2n) is 6.56. The van der Waals surface area contributed by atoms with E-state index in [0.717, 1.165) is 24.2 Å². The lowest BCUT2D eigenvalue weighted by Gasteiger charge is -2.08. The largest absolute Gasteiger partial charge is 0.369 e. The Balaban J connectivity index is 1.60. The Labute approximate surface area is 183 Å². The van der Waals surface area contributed by atoms with Crippen molar-refractivity contribution in [3.8, 4) is 0 Å². The van der Waals surface area contributed by atoms with Gasteiger partial charge in [-0.2, -0.15) is 5.10 Å². The average molecular weight is 442 g/mol. The maximum atomic E-state index is 12.1. The molecule has 31 heavy (non-hydrogen) atoms. The number of amides is 1. The number of nitro benzene ring substituents is 1. The van der Waals surface area contributed by atoms with Crippen LogP contribution in [0.2, 0.25) is 0 Å². The standard InChI is InChI=1S/C20H23N7O3S/c1-3-10-22-18-16-13-23-26(19(16)25-20(24-18)31-2)12-11-21-17(28)9-6-14-4-7-15(8-5-14)27(29)30/h4-9,13H,3,10-12H2,1-2H3,(H,21,28)(H,22,24,25). The number of hydrogen-bond acceptors (Lipinski definition) is 8. The molecule has 0 spiro atoms. The van der Waals surface area contributed by atoms with Gasteiger partial charge in [-0.1, -0.05) is 18.7 Å².